The Kier molecular flexibility index (Phi) is 14.2. The van der Waals surface area contributed by atoms with Crippen LogP contribution in [-0.4, -0.2) is 87.8 Å². The molecule has 0 aromatic rings. The summed E-state index contributed by atoms with van der Waals surface area (Å²) in [6.45, 7) is 14.1. The van der Waals surface area contributed by atoms with Gasteiger partial charge in [0.05, 0.1) is 0 Å². The SMILES string of the molecule is CCOC(C)(OC)O[Si](OC(C)(OC)OCC)(OC(C)(OC)OCC)OC(C)(OC)OCC. The molecule has 0 radical (unpaired) electrons. The fourth-order valence-corrected chi connectivity index (χ4v) is 5.24. The molecule has 0 aliphatic heterocycles. The lowest BCUT2D eigenvalue weighted by Gasteiger charge is -2.45. The van der Waals surface area contributed by atoms with Gasteiger partial charge in [-0.2, -0.15) is 0 Å². The van der Waals surface area contributed by atoms with Crippen LogP contribution >= 0.6 is 0 Å². The standard InChI is InChI=1S/C20H44O12Si/c1-13-25-17(5,21-9)29-33(30-18(6,22-10)26-14-2,31-19(7,23-11)27-15-3)32-20(8,24-12)28-16-4/h13-16H2,1-12H3. The molecule has 0 saturated carbocycles. The summed E-state index contributed by atoms with van der Waals surface area (Å²) in [6.07, 6.45) is 0. The lowest BCUT2D eigenvalue weighted by atomic mass is 10.6. The molecular formula is C20H44O12Si. The van der Waals surface area contributed by atoms with Crippen LogP contribution in [-0.2, 0) is 55.6 Å². The number of hydrogen-bond donors (Lipinski definition) is 0. The van der Waals surface area contributed by atoms with Crippen LogP contribution < -0.4 is 0 Å². The van der Waals surface area contributed by atoms with E-state index < -0.39 is 32.9 Å². The van der Waals surface area contributed by atoms with Crippen LogP contribution in [0, 0.1) is 0 Å². The second kappa shape index (κ2) is 14.3. The Balaban J connectivity index is 6.82. The molecule has 0 fully saturated rings. The van der Waals surface area contributed by atoms with Crippen LogP contribution in [0.1, 0.15) is 55.4 Å². The van der Waals surface area contributed by atoms with E-state index in [2.05, 4.69) is 0 Å². The molecule has 33 heavy (non-hydrogen) atoms. The van der Waals surface area contributed by atoms with Crippen molar-refractivity contribution in [2.75, 3.05) is 54.9 Å². The molecular weight excluding hydrogens is 460 g/mol. The third kappa shape index (κ3) is 10.5. The normalized spacial score (nSPS) is 21.5. The van der Waals surface area contributed by atoms with Gasteiger partial charge in [-0.1, -0.05) is 0 Å². The largest absolute Gasteiger partial charge is 0.695 e. The van der Waals surface area contributed by atoms with Gasteiger partial charge < -0.3 is 37.9 Å². The maximum Gasteiger partial charge on any atom is 0.695 e. The Hall–Kier alpha value is -0.263. The number of hydrogen-bond acceptors (Lipinski definition) is 12. The first-order valence-corrected chi connectivity index (χ1v) is 12.5. The van der Waals surface area contributed by atoms with Crippen molar-refractivity contribution in [2.24, 2.45) is 0 Å². The maximum absolute atomic E-state index is 6.19. The second-order valence-electron chi connectivity index (χ2n) is 6.91. The zero-order valence-electron chi connectivity index (χ0n) is 22.2. The summed E-state index contributed by atoms with van der Waals surface area (Å²) in [5.41, 5.74) is 0. The molecule has 0 N–H and O–H groups in total. The Morgan fingerprint density at radius 2 is 0.606 bits per heavy atom. The van der Waals surface area contributed by atoms with Gasteiger partial charge in [0.15, 0.2) is 0 Å². The first-order valence-electron chi connectivity index (χ1n) is 10.9. The minimum atomic E-state index is -4.57. The summed E-state index contributed by atoms with van der Waals surface area (Å²) in [5.74, 6) is -6.71. The van der Waals surface area contributed by atoms with E-state index in [0.717, 1.165) is 0 Å². The molecule has 0 rings (SSSR count). The highest BCUT2D eigenvalue weighted by Gasteiger charge is 2.64. The lowest BCUT2D eigenvalue weighted by molar-refractivity contribution is -0.432. The van der Waals surface area contributed by atoms with E-state index >= 15 is 0 Å². The average molecular weight is 505 g/mol. The molecule has 0 aromatic heterocycles. The summed E-state index contributed by atoms with van der Waals surface area (Å²) < 4.78 is 69.3. The first kappa shape index (κ1) is 32.7. The van der Waals surface area contributed by atoms with Crippen LogP contribution in [0.25, 0.3) is 0 Å². The molecule has 0 aliphatic rings. The van der Waals surface area contributed by atoms with Crippen molar-refractivity contribution in [1.29, 1.82) is 0 Å². The van der Waals surface area contributed by atoms with Gasteiger partial charge in [-0.3, -0.25) is 17.7 Å². The maximum atomic E-state index is 6.19. The summed E-state index contributed by atoms with van der Waals surface area (Å²) in [7, 11) is 0.997. The predicted octanol–water partition coefficient (Wildman–Crippen LogP) is 2.91. The van der Waals surface area contributed by atoms with Gasteiger partial charge in [0.2, 0.25) is 0 Å². The summed E-state index contributed by atoms with van der Waals surface area (Å²) >= 11 is 0. The predicted molar refractivity (Wildman–Crippen MR) is 118 cm³/mol. The van der Waals surface area contributed by atoms with Gasteiger partial charge >= 0.3 is 9.05 Å². The number of ether oxygens (including phenoxy) is 8. The summed E-state index contributed by atoms with van der Waals surface area (Å²) in [5, 5.41) is 0. The molecule has 0 aliphatic carbocycles. The van der Waals surface area contributed by atoms with Crippen molar-refractivity contribution in [1.82, 2.24) is 0 Å². The third-order valence-corrected chi connectivity index (χ3v) is 6.83. The van der Waals surface area contributed by atoms with Crippen molar-refractivity contribution in [3.8, 4) is 0 Å². The minimum absolute atomic E-state index is 0.238. The molecule has 12 nitrogen and oxygen atoms in total. The molecule has 200 valence electrons. The fourth-order valence-electron chi connectivity index (χ4n) is 2.60. The average Bonchev–Trinajstić information content (AvgIpc) is 2.74. The van der Waals surface area contributed by atoms with Crippen molar-refractivity contribution in [3.63, 3.8) is 0 Å². The van der Waals surface area contributed by atoms with Crippen molar-refractivity contribution in [3.05, 3.63) is 0 Å². The Bertz CT molecular complexity index is 450. The van der Waals surface area contributed by atoms with Gasteiger partial charge in [0, 0.05) is 82.6 Å². The van der Waals surface area contributed by atoms with Crippen LogP contribution in [0.5, 0.6) is 0 Å². The molecule has 0 spiro atoms. The highest BCUT2D eigenvalue weighted by atomic mass is 28.4. The summed E-state index contributed by atoms with van der Waals surface area (Å²) in [4.78, 5) is 0. The zero-order valence-corrected chi connectivity index (χ0v) is 23.2. The molecule has 4 unspecified atom stereocenters. The van der Waals surface area contributed by atoms with Crippen molar-refractivity contribution in [2.45, 2.75) is 79.3 Å². The van der Waals surface area contributed by atoms with E-state index in [9.17, 15) is 0 Å². The van der Waals surface area contributed by atoms with Crippen LogP contribution in [0.15, 0.2) is 0 Å². The van der Waals surface area contributed by atoms with Gasteiger partial charge in [-0.05, 0) is 27.7 Å². The van der Waals surface area contributed by atoms with Crippen LogP contribution in [0.3, 0.4) is 0 Å². The smallest absolute Gasteiger partial charge is 0.332 e. The number of methoxy groups -OCH3 is 4. The molecule has 13 heteroatoms. The highest BCUT2D eigenvalue weighted by Crippen LogP contribution is 2.36. The van der Waals surface area contributed by atoms with E-state index in [1.807, 2.05) is 0 Å². The topological polar surface area (TPSA) is 111 Å². The van der Waals surface area contributed by atoms with E-state index in [1.165, 1.54) is 56.1 Å². The quantitative estimate of drug-likeness (QED) is 0.179. The molecule has 0 aromatic carbocycles. The van der Waals surface area contributed by atoms with Crippen LogP contribution in [0.4, 0.5) is 0 Å². The van der Waals surface area contributed by atoms with E-state index in [4.69, 9.17) is 55.6 Å². The Morgan fingerprint density at radius 1 is 0.424 bits per heavy atom. The molecule has 0 amide bonds. The Labute approximate surface area is 199 Å². The van der Waals surface area contributed by atoms with E-state index in [1.54, 1.807) is 27.7 Å². The summed E-state index contributed by atoms with van der Waals surface area (Å²) in [6, 6.07) is 0. The van der Waals surface area contributed by atoms with Crippen molar-refractivity contribution < 1.29 is 55.6 Å². The molecule has 0 saturated heterocycles. The van der Waals surface area contributed by atoms with E-state index in [-0.39, 0.29) is 26.4 Å². The Morgan fingerprint density at radius 3 is 0.727 bits per heavy atom. The van der Waals surface area contributed by atoms with Gasteiger partial charge in [0.25, 0.3) is 23.9 Å². The molecule has 0 bridgehead atoms. The van der Waals surface area contributed by atoms with Gasteiger partial charge in [-0.25, -0.2) is 0 Å². The molecule has 0 heterocycles. The monoisotopic (exact) mass is 504 g/mol. The lowest BCUT2D eigenvalue weighted by Crippen LogP contribution is -2.66. The van der Waals surface area contributed by atoms with Gasteiger partial charge in [0.1, 0.15) is 0 Å². The minimum Gasteiger partial charge on any atom is -0.332 e. The fraction of sp³-hybridized carbons (Fsp3) is 1.00. The van der Waals surface area contributed by atoms with Crippen LogP contribution in [0.2, 0.25) is 0 Å². The zero-order chi connectivity index (χ0) is 25.8. The first-order chi connectivity index (χ1) is 15.3. The third-order valence-electron chi connectivity index (χ3n) is 4.35. The van der Waals surface area contributed by atoms with Gasteiger partial charge in [-0.15, -0.1) is 0 Å². The molecule has 4 atom stereocenters. The highest BCUT2D eigenvalue weighted by molar-refractivity contribution is 6.54. The second-order valence-corrected chi connectivity index (χ2v) is 8.72. The number of rotatable bonds is 20. The van der Waals surface area contributed by atoms with E-state index in [0.29, 0.717) is 0 Å². The van der Waals surface area contributed by atoms with Crippen molar-refractivity contribution >= 4 is 9.05 Å².